The number of halogens is 2. The number of aryl methyl sites for hydroxylation is 1. The fourth-order valence-electron chi connectivity index (χ4n) is 3.80. The van der Waals surface area contributed by atoms with Crippen LogP contribution in [-0.4, -0.2) is 11.1 Å². The molecule has 0 atom stereocenters. The minimum Gasteiger partial charge on any atom is -0.478 e. The Labute approximate surface area is 151 Å². The van der Waals surface area contributed by atoms with Gasteiger partial charge in [0.05, 0.1) is 16.3 Å². The Morgan fingerprint density at radius 2 is 1.85 bits per heavy atom. The molecule has 6 heteroatoms. The molecule has 0 spiro atoms. The summed E-state index contributed by atoms with van der Waals surface area (Å²) in [5, 5.41) is 11.3. The maximum atomic E-state index is 14.3. The summed E-state index contributed by atoms with van der Waals surface area (Å²) in [4.78, 5) is 11.4. The van der Waals surface area contributed by atoms with Gasteiger partial charge in [-0.3, -0.25) is 0 Å². The summed E-state index contributed by atoms with van der Waals surface area (Å²) in [6.45, 7) is 0. The molecule has 27 heavy (non-hydrogen) atoms. The molecule has 0 unspecified atom stereocenters. The van der Waals surface area contributed by atoms with Crippen LogP contribution in [0.5, 0.6) is 11.5 Å². The van der Waals surface area contributed by atoms with Gasteiger partial charge >= 0.3 is 5.97 Å². The topological polar surface area (TPSA) is 50.4 Å². The molecular formula is C21H12F2NO3+. The Morgan fingerprint density at radius 3 is 2.63 bits per heavy atom. The molecule has 0 bridgehead atoms. The standard InChI is InChI=1S/C21H11F2NO3/c1-24-16-9-13(21(25)26)15(23)8-12(16)11-3-2-4-18-19(11)20(24)14-7-10(22)5-6-17(14)27-18/h2-9H,1H3/p+1. The molecule has 0 fully saturated rings. The van der Waals surface area contributed by atoms with Gasteiger partial charge in [-0.1, -0.05) is 12.1 Å². The van der Waals surface area contributed by atoms with Crippen molar-refractivity contribution in [2.45, 2.75) is 0 Å². The minimum atomic E-state index is -1.34. The van der Waals surface area contributed by atoms with E-state index in [1.807, 2.05) is 6.07 Å². The molecule has 3 aromatic carbocycles. The van der Waals surface area contributed by atoms with Crippen LogP contribution in [0.15, 0.2) is 48.5 Å². The summed E-state index contributed by atoms with van der Waals surface area (Å²) in [6.07, 6.45) is 0. The lowest BCUT2D eigenvalue weighted by Crippen LogP contribution is -2.33. The van der Waals surface area contributed by atoms with Gasteiger partial charge in [0.1, 0.15) is 35.7 Å². The molecule has 1 aliphatic heterocycles. The Kier molecular flexibility index (Phi) is 3.04. The van der Waals surface area contributed by atoms with E-state index in [0.717, 1.165) is 5.39 Å². The van der Waals surface area contributed by atoms with E-state index in [9.17, 15) is 18.7 Å². The Morgan fingerprint density at radius 1 is 1.04 bits per heavy atom. The van der Waals surface area contributed by atoms with Crippen molar-refractivity contribution in [1.29, 1.82) is 0 Å². The normalized spacial score (nSPS) is 12.1. The second-order valence-electron chi connectivity index (χ2n) is 6.48. The molecule has 132 valence electrons. The number of nitrogens with zero attached hydrogens (tertiary/aromatic N) is 1. The fourth-order valence-corrected chi connectivity index (χ4v) is 3.80. The second kappa shape index (κ2) is 5.23. The third kappa shape index (κ3) is 2.07. The second-order valence-corrected chi connectivity index (χ2v) is 6.48. The summed E-state index contributed by atoms with van der Waals surface area (Å²) >= 11 is 0. The van der Waals surface area contributed by atoms with Gasteiger partial charge in [0.2, 0.25) is 11.2 Å². The summed E-state index contributed by atoms with van der Waals surface area (Å²) in [5.74, 6) is -1.46. The number of hydrogen-bond acceptors (Lipinski definition) is 2. The Hall–Kier alpha value is -3.54. The molecule has 5 rings (SSSR count). The van der Waals surface area contributed by atoms with Crippen LogP contribution in [0.1, 0.15) is 10.4 Å². The highest BCUT2D eigenvalue weighted by molar-refractivity contribution is 6.13. The lowest BCUT2D eigenvalue weighted by atomic mass is 9.95. The first-order valence-corrected chi connectivity index (χ1v) is 8.25. The smallest absolute Gasteiger partial charge is 0.338 e. The van der Waals surface area contributed by atoms with Crippen molar-refractivity contribution < 1.29 is 28.0 Å². The van der Waals surface area contributed by atoms with Crippen molar-refractivity contribution in [1.82, 2.24) is 0 Å². The predicted octanol–water partition coefficient (Wildman–Crippen LogP) is 4.57. The third-order valence-corrected chi connectivity index (χ3v) is 4.98. The van der Waals surface area contributed by atoms with E-state index in [2.05, 4.69) is 0 Å². The number of benzene rings is 3. The lowest BCUT2D eigenvalue weighted by molar-refractivity contribution is -0.632. The lowest BCUT2D eigenvalue weighted by Gasteiger charge is -2.20. The van der Waals surface area contributed by atoms with Gasteiger partial charge in [0, 0.05) is 11.5 Å². The number of rotatable bonds is 1. The van der Waals surface area contributed by atoms with Crippen molar-refractivity contribution in [3.05, 3.63) is 65.7 Å². The van der Waals surface area contributed by atoms with Gasteiger partial charge in [0.15, 0.2) is 0 Å². The number of carboxylic acid groups (broad SMARTS) is 1. The average Bonchev–Trinajstić information content (AvgIpc) is 2.64. The highest BCUT2D eigenvalue weighted by atomic mass is 19.1. The summed E-state index contributed by atoms with van der Waals surface area (Å²) < 4.78 is 36.0. The van der Waals surface area contributed by atoms with Crippen molar-refractivity contribution in [3.8, 4) is 22.8 Å². The van der Waals surface area contributed by atoms with Crippen LogP contribution in [0.3, 0.4) is 0 Å². The number of aromatic nitrogens is 1. The van der Waals surface area contributed by atoms with E-state index in [-0.39, 0.29) is 0 Å². The molecule has 0 amide bonds. The fraction of sp³-hybridized carbons (Fsp3) is 0.0476. The summed E-state index contributed by atoms with van der Waals surface area (Å²) in [6, 6.07) is 12.2. The van der Waals surface area contributed by atoms with Crippen molar-refractivity contribution in [3.63, 3.8) is 0 Å². The first kappa shape index (κ1) is 15.7. The number of aromatic carboxylic acids is 1. The van der Waals surface area contributed by atoms with Gasteiger partial charge in [-0.25, -0.2) is 13.6 Å². The third-order valence-electron chi connectivity index (χ3n) is 4.98. The van der Waals surface area contributed by atoms with Crippen LogP contribution >= 0.6 is 0 Å². The number of fused-ring (bicyclic) bond motifs is 4. The Balaban J connectivity index is 2.04. The van der Waals surface area contributed by atoms with E-state index in [1.54, 1.807) is 29.8 Å². The molecular weight excluding hydrogens is 352 g/mol. The van der Waals surface area contributed by atoms with Crippen LogP contribution in [0.25, 0.3) is 32.9 Å². The van der Waals surface area contributed by atoms with Gasteiger partial charge in [-0.05, 0) is 30.3 Å². The maximum Gasteiger partial charge on any atom is 0.338 e. The highest BCUT2D eigenvalue weighted by Crippen LogP contribution is 2.46. The molecule has 1 N–H and O–H groups in total. The van der Waals surface area contributed by atoms with E-state index in [0.29, 0.717) is 39.0 Å². The van der Waals surface area contributed by atoms with E-state index < -0.39 is 23.2 Å². The van der Waals surface area contributed by atoms with Crippen molar-refractivity contribution in [2.24, 2.45) is 7.05 Å². The first-order chi connectivity index (χ1) is 13.0. The molecule has 4 aromatic rings. The van der Waals surface area contributed by atoms with Crippen LogP contribution in [-0.2, 0) is 7.05 Å². The largest absolute Gasteiger partial charge is 0.478 e. The average molecular weight is 364 g/mol. The SMILES string of the molecule is C[n+]1c2c3c(cccc3c3cc(F)c(C(=O)O)cc31)Oc1ccc(F)cc1-2. The molecule has 2 heterocycles. The minimum absolute atomic E-state index is 0.407. The van der Waals surface area contributed by atoms with Crippen molar-refractivity contribution >= 4 is 27.6 Å². The number of ether oxygens (including phenoxy) is 1. The number of carboxylic acids is 1. The first-order valence-electron chi connectivity index (χ1n) is 8.25. The van der Waals surface area contributed by atoms with E-state index >= 15 is 0 Å². The van der Waals surface area contributed by atoms with E-state index in [4.69, 9.17) is 4.74 Å². The number of carbonyl (C=O) groups is 1. The molecule has 0 saturated heterocycles. The van der Waals surface area contributed by atoms with Crippen LogP contribution in [0.4, 0.5) is 8.78 Å². The van der Waals surface area contributed by atoms with Gasteiger partial charge < -0.3 is 9.84 Å². The molecule has 0 saturated carbocycles. The van der Waals surface area contributed by atoms with Crippen molar-refractivity contribution in [2.75, 3.05) is 0 Å². The Bertz CT molecular complexity index is 1310. The monoisotopic (exact) mass is 364 g/mol. The molecule has 4 nitrogen and oxygen atoms in total. The zero-order chi connectivity index (χ0) is 18.9. The number of pyridine rings is 1. The molecule has 0 aliphatic carbocycles. The molecule has 0 radical (unpaired) electrons. The van der Waals surface area contributed by atoms with Crippen LogP contribution in [0.2, 0.25) is 0 Å². The van der Waals surface area contributed by atoms with Gasteiger partial charge in [-0.15, -0.1) is 0 Å². The van der Waals surface area contributed by atoms with Crippen LogP contribution in [0, 0.1) is 11.6 Å². The highest BCUT2D eigenvalue weighted by Gasteiger charge is 2.31. The van der Waals surface area contributed by atoms with Gasteiger partial charge in [0.25, 0.3) is 0 Å². The van der Waals surface area contributed by atoms with Gasteiger partial charge in [-0.2, -0.15) is 4.57 Å². The maximum absolute atomic E-state index is 14.3. The molecule has 1 aromatic heterocycles. The quantitative estimate of drug-likeness (QED) is 0.350. The van der Waals surface area contributed by atoms with Crippen LogP contribution < -0.4 is 9.30 Å². The summed E-state index contributed by atoms with van der Waals surface area (Å²) in [7, 11) is 1.75. The zero-order valence-corrected chi connectivity index (χ0v) is 14.1. The zero-order valence-electron chi connectivity index (χ0n) is 14.1. The summed E-state index contributed by atoms with van der Waals surface area (Å²) in [5.41, 5.74) is 1.37. The number of hydrogen-bond donors (Lipinski definition) is 1. The predicted molar refractivity (Wildman–Crippen MR) is 95.0 cm³/mol. The van der Waals surface area contributed by atoms with E-state index in [1.165, 1.54) is 24.3 Å². The molecule has 1 aliphatic rings.